The van der Waals surface area contributed by atoms with E-state index in [4.69, 9.17) is 30.4 Å². The molecule has 0 spiro atoms. The van der Waals surface area contributed by atoms with Crippen molar-refractivity contribution in [1.82, 2.24) is 0 Å². The molecule has 2 unspecified atom stereocenters. The van der Waals surface area contributed by atoms with Gasteiger partial charge in [0.1, 0.15) is 36.9 Å². The Morgan fingerprint density at radius 3 is 1.27 bits per heavy atom. The summed E-state index contributed by atoms with van der Waals surface area (Å²) in [5.41, 5.74) is 19.0. The Hall–Kier alpha value is -4.26. The van der Waals surface area contributed by atoms with E-state index in [0.29, 0.717) is 36.1 Å². The number of nitrogens with two attached hydrogens (primary N) is 2. The van der Waals surface area contributed by atoms with Crippen LogP contribution in [0.25, 0.3) is 21.5 Å². The molecule has 5 aromatic carbocycles. The smallest absolute Gasteiger partial charge is 0.142 e. The normalized spacial score (nSPS) is 17.7. The van der Waals surface area contributed by atoms with Gasteiger partial charge in [-0.1, -0.05) is 60.7 Å². The molecule has 2 aliphatic heterocycles. The van der Waals surface area contributed by atoms with E-state index in [-0.39, 0.29) is 12.2 Å². The number of nitrogen functional groups attached to an aromatic ring is 2. The molecule has 6 nitrogen and oxygen atoms in total. The number of hydrogen-bond donors (Lipinski definition) is 2. The third kappa shape index (κ3) is 5.16. The molecule has 2 atom stereocenters. The van der Waals surface area contributed by atoms with Gasteiger partial charge < -0.3 is 30.4 Å². The molecule has 0 bridgehead atoms. The number of epoxide rings is 2. The van der Waals surface area contributed by atoms with E-state index >= 15 is 0 Å². The average molecular weight is 533 g/mol. The van der Waals surface area contributed by atoms with Crippen LogP contribution in [0.2, 0.25) is 0 Å². The predicted molar refractivity (Wildman–Crippen MR) is 159 cm³/mol. The SMILES string of the molecule is Nc1cc(Cc2c3ccccc3c(Cc3ccc(OCC4CO4)c(N)c3)c3ccccc23)ccc1OCC1CO1. The van der Waals surface area contributed by atoms with Crippen LogP contribution in [0.15, 0.2) is 84.9 Å². The van der Waals surface area contributed by atoms with Crippen LogP contribution < -0.4 is 20.9 Å². The van der Waals surface area contributed by atoms with E-state index in [1.807, 2.05) is 24.3 Å². The fraction of sp³-hybridized carbons (Fsp3) is 0.235. The van der Waals surface area contributed by atoms with E-state index < -0.39 is 0 Å². The van der Waals surface area contributed by atoms with Gasteiger partial charge in [-0.3, -0.25) is 0 Å². The molecular weight excluding hydrogens is 500 g/mol. The van der Waals surface area contributed by atoms with Gasteiger partial charge in [-0.15, -0.1) is 0 Å². The summed E-state index contributed by atoms with van der Waals surface area (Å²) in [4.78, 5) is 0. The minimum atomic E-state index is 0.195. The Balaban J connectivity index is 1.24. The first kappa shape index (κ1) is 24.8. The Labute approximate surface area is 233 Å². The van der Waals surface area contributed by atoms with Crippen molar-refractivity contribution in [1.29, 1.82) is 0 Å². The Kier molecular flexibility index (Phi) is 6.42. The molecule has 7 rings (SSSR count). The van der Waals surface area contributed by atoms with Crippen molar-refractivity contribution in [3.63, 3.8) is 0 Å². The molecule has 2 heterocycles. The first-order chi connectivity index (χ1) is 19.6. The van der Waals surface area contributed by atoms with Gasteiger partial charge in [-0.25, -0.2) is 0 Å². The molecule has 4 N–H and O–H groups in total. The Bertz CT molecular complexity index is 1530. The standard InChI is InChI=1S/C34H32N2O4/c35-31-15-21(9-11-33(31)39-19-23-17-37-23)13-29-25-5-1-2-6-26(25)30(28-8-4-3-7-27(28)29)14-22-10-12-34(32(36)16-22)40-20-24-18-38-24/h1-12,15-16,23-24H,13-14,17-20,35-36H2. The van der Waals surface area contributed by atoms with Crippen LogP contribution in [0.5, 0.6) is 11.5 Å². The zero-order chi connectivity index (χ0) is 27.1. The lowest BCUT2D eigenvalue weighted by atomic mass is 9.86. The van der Waals surface area contributed by atoms with Crippen LogP contribution in [0.3, 0.4) is 0 Å². The van der Waals surface area contributed by atoms with Crippen LogP contribution in [-0.2, 0) is 22.3 Å². The Morgan fingerprint density at radius 2 is 0.950 bits per heavy atom. The summed E-state index contributed by atoms with van der Waals surface area (Å²) in [6.07, 6.45) is 1.92. The second-order valence-corrected chi connectivity index (χ2v) is 10.7. The van der Waals surface area contributed by atoms with Gasteiger partial charge in [0.05, 0.1) is 24.6 Å². The highest BCUT2D eigenvalue weighted by molar-refractivity contribution is 6.06. The quantitative estimate of drug-likeness (QED) is 0.132. The van der Waals surface area contributed by atoms with E-state index in [1.165, 1.54) is 32.7 Å². The van der Waals surface area contributed by atoms with Gasteiger partial charge in [-0.05, 0) is 80.9 Å². The van der Waals surface area contributed by atoms with Gasteiger partial charge in [0.15, 0.2) is 0 Å². The first-order valence-electron chi connectivity index (χ1n) is 13.8. The summed E-state index contributed by atoms with van der Waals surface area (Å²) < 4.78 is 22.2. The molecular formula is C34H32N2O4. The van der Waals surface area contributed by atoms with Crippen molar-refractivity contribution >= 4 is 32.9 Å². The second-order valence-electron chi connectivity index (χ2n) is 10.7. The van der Waals surface area contributed by atoms with Crippen LogP contribution in [0.4, 0.5) is 11.4 Å². The molecule has 202 valence electrons. The molecule has 2 fully saturated rings. The zero-order valence-electron chi connectivity index (χ0n) is 22.3. The average Bonchev–Trinajstić information content (AvgIpc) is 3.90. The Morgan fingerprint density at radius 1 is 0.575 bits per heavy atom. The number of hydrogen-bond acceptors (Lipinski definition) is 6. The van der Waals surface area contributed by atoms with Crippen molar-refractivity contribution in [3.8, 4) is 11.5 Å². The number of rotatable bonds is 10. The van der Waals surface area contributed by atoms with Gasteiger partial charge >= 0.3 is 0 Å². The van der Waals surface area contributed by atoms with Crippen LogP contribution in [-0.4, -0.2) is 38.6 Å². The van der Waals surface area contributed by atoms with Crippen molar-refractivity contribution in [2.75, 3.05) is 37.9 Å². The summed E-state index contributed by atoms with van der Waals surface area (Å²) in [5, 5.41) is 4.99. The molecule has 5 aromatic rings. The molecule has 0 aliphatic carbocycles. The highest BCUT2D eigenvalue weighted by Gasteiger charge is 2.24. The fourth-order valence-corrected chi connectivity index (χ4v) is 5.47. The van der Waals surface area contributed by atoms with Crippen LogP contribution >= 0.6 is 0 Å². The molecule has 0 aromatic heterocycles. The number of benzene rings is 5. The van der Waals surface area contributed by atoms with Gasteiger partial charge in [0, 0.05) is 0 Å². The van der Waals surface area contributed by atoms with Crippen molar-refractivity contribution in [2.45, 2.75) is 25.0 Å². The van der Waals surface area contributed by atoms with Crippen LogP contribution in [0.1, 0.15) is 22.3 Å². The topological polar surface area (TPSA) is 95.6 Å². The lowest BCUT2D eigenvalue weighted by Crippen LogP contribution is -2.06. The maximum Gasteiger partial charge on any atom is 0.142 e. The summed E-state index contributed by atoms with van der Waals surface area (Å²) in [7, 11) is 0. The van der Waals surface area contributed by atoms with E-state index in [0.717, 1.165) is 37.2 Å². The number of anilines is 2. The highest BCUT2D eigenvalue weighted by Crippen LogP contribution is 2.37. The molecule has 2 saturated heterocycles. The third-order valence-corrected chi connectivity index (χ3v) is 7.72. The molecule has 0 saturated carbocycles. The highest BCUT2D eigenvalue weighted by atomic mass is 16.6. The first-order valence-corrected chi connectivity index (χ1v) is 13.8. The minimum absolute atomic E-state index is 0.195. The maximum absolute atomic E-state index is 6.39. The summed E-state index contributed by atoms with van der Waals surface area (Å²) in [5.74, 6) is 1.42. The van der Waals surface area contributed by atoms with E-state index in [1.54, 1.807) is 0 Å². The predicted octanol–water partition coefficient (Wildman–Crippen LogP) is 5.89. The molecule has 0 amide bonds. The van der Waals surface area contributed by atoms with Crippen molar-refractivity contribution in [2.24, 2.45) is 0 Å². The van der Waals surface area contributed by atoms with Gasteiger partial charge in [-0.2, -0.15) is 0 Å². The van der Waals surface area contributed by atoms with Gasteiger partial charge in [0.25, 0.3) is 0 Å². The largest absolute Gasteiger partial charge is 0.489 e. The molecule has 40 heavy (non-hydrogen) atoms. The maximum atomic E-state index is 6.39. The van der Waals surface area contributed by atoms with E-state index in [9.17, 15) is 0 Å². The van der Waals surface area contributed by atoms with Gasteiger partial charge in [0.2, 0.25) is 0 Å². The lowest BCUT2D eigenvalue weighted by Gasteiger charge is -2.18. The minimum Gasteiger partial charge on any atom is -0.489 e. The fourth-order valence-electron chi connectivity index (χ4n) is 5.47. The molecule has 6 heteroatoms. The number of ether oxygens (including phenoxy) is 4. The molecule has 0 radical (unpaired) electrons. The monoisotopic (exact) mass is 532 g/mol. The summed E-state index contributed by atoms with van der Waals surface area (Å²) in [6.45, 7) is 2.60. The van der Waals surface area contributed by atoms with Crippen LogP contribution in [0, 0.1) is 0 Å². The van der Waals surface area contributed by atoms with Crippen molar-refractivity contribution < 1.29 is 18.9 Å². The zero-order valence-corrected chi connectivity index (χ0v) is 22.3. The number of fused-ring (bicyclic) bond motifs is 2. The second kappa shape index (κ2) is 10.4. The molecule has 2 aliphatic rings. The van der Waals surface area contributed by atoms with E-state index in [2.05, 4.69) is 60.7 Å². The lowest BCUT2D eigenvalue weighted by molar-refractivity contribution is 0.264. The summed E-state index contributed by atoms with van der Waals surface area (Å²) >= 11 is 0. The van der Waals surface area contributed by atoms with Crippen molar-refractivity contribution in [3.05, 3.63) is 107 Å². The third-order valence-electron chi connectivity index (χ3n) is 7.72. The summed E-state index contributed by atoms with van der Waals surface area (Å²) in [6, 6.07) is 29.6.